The fourth-order valence-corrected chi connectivity index (χ4v) is 2.85. The number of halogens is 3. The Labute approximate surface area is 112 Å². The predicted molar refractivity (Wildman–Crippen MR) is 63.7 cm³/mol. The highest BCUT2D eigenvalue weighted by atomic mass is 32.2. The van der Waals surface area contributed by atoms with Gasteiger partial charge in [0.2, 0.25) is 5.89 Å². The van der Waals surface area contributed by atoms with Crippen LogP contribution in [0.5, 0.6) is 0 Å². The second-order valence-corrected chi connectivity index (χ2v) is 5.63. The SMILES string of the molecule is O[C@H](CSCc1nc(C2CCCC2)no1)C(F)(F)F. The van der Waals surface area contributed by atoms with Crippen LogP contribution in [0.25, 0.3) is 0 Å². The van der Waals surface area contributed by atoms with Crippen LogP contribution in [-0.4, -0.2) is 33.3 Å². The molecule has 2 rings (SSSR count). The molecular formula is C11H15F3N2O2S. The fraction of sp³-hybridized carbons (Fsp3) is 0.818. The minimum Gasteiger partial charge on any atom is -0.383 e. The summed E-state index contributed by atoms with van der Waals surface area (Å²) in [5.41, 5.74) is 0. The Hall–Kier alpha value is -0.760. The lowest BCUT2D eigenvalue weighted by Gasteiger charge is -2.12. The molecule has 1 atom stereocenters. The number of aliphatic hydroxyl groups is 1. The number of thioether (sulfide) groups is 1. The topological polar surface area (TPSA) is 59.2 Å². The van der Waals surface area contributed by atoms with Gasteiger partial charge in [0.25, 0.3) is 0 Å². The van der Waals surface area contributed by atoms with Crippen LogP contribution in [-0.2, 0) is 5.75 Å². The quantitative estimate of drug-likeness (QED) is 0.905. The Morgan fingerprint density at radius 2 is 2.05 bits per heavy atom. The van der Waals surface area contributed by atoms with Gasteiger partial charge in [-0.05, 0) is 12.8 Å². The lowest BCUT2D eigenvalue weighted by molar-refractivity contribution is -0.195. The van der Waals surface area contributed by atoms with Gasteiger partial charge in [0.1, 0.15) is 0 Å². The highest BCUT2D eigenvalue weighted by molar-refractivity contribution is 7.98. The summed E-state index contributed by atoms with van der Waals surface area (Å²) in [4.78, 5) is 4.19. The maximum absolute atomic E-state index is 12.1. The summed E-state index contributed by atoms with van der Waals surface area (Å²) in [6, 6.07) is 0. The van der Waals surface area contributed by atoms with Crippen LogP contribution in [0.3, 0.4) is 0 Å². The molecule has 19 heavy (non-hydrogen) atoms. The zero-order valence-electron chi connectivity index (χ0n) is 10.2. The van der Waals surface area contributed by atoms with E-state index in [-0.39, 0.29) is 5.75 Å². The first-order valence-electron chi connectivity index (χ1n) is 6.12. The standard InChI is InChI=1S/C11H15F3N2O2S/c12-11(13,14)8(17)5-19-6-9-15-10(16-18-9)7-3-1-2-4-7/h7-8,17H,1-6H2/t8-/m1/s1. The molecule has 108 valence electrons. The molecule has 0 unspecified atom stereocenters. The predicted octanol–water partition coefficient (Wildman–Crippen LogP) is 2.88. The number of aliphatic hydroxyl groups excluding tert-OH is 1. The van der Waals surface area contributed by atoms with E-state index in [1.807, 2.05) is 0 Å². The van der Waals surface area contributed by atoms with Crippen molar-refractivity contribution in [2.75, 3.05) is 5.75 Å². The Morgan fingerprint density at radius 3 is 2.68 bits per heavy atom. The van der Waals surface area contributed by atoms with Gasteiger partial charge in [-0.2, -0.15) is 18.2 Å². The normalized spacial score (nSPS) is 18.9. The van der Waals surface area contributed by atoms with Crippen molar-refractivity contribution < 1.29 is 22.8 Å². The maximum Gasteiger partial charge on any atom is 0.415 e. The van der Waals surface area contributed by atoms with E-state index in [9.17, 15) is 13.2 Å². The third-order valence-corrected chi connectivity index (χ3v) is 4.09. The largest absolute Gasteiger partial charge is 0.415 e. The third kappa shape index (κ3) is 4.10. The Balaban J connectivity index is 1.77. The van der Waals surface area contributed by atoms with Gasteiger partial charge in [0.05, 0.1) is 5.75 Å². The summed E-state index contributed by atoms with van der Waals surface area (Å²) in [6.07, 6.45) is -2.49. The monoisotopic (exact) mass is 296 g/mol. The number of nitrogens with zero attached hydrogens (tertiary/aromatic N) is 2. The Bertz CT molecular complexity index is 405. The molecule has 0 amide bonds. The van der Waals surface area contributed by atoms with E-state index < -0.39 is 18.0 Å². The number of rotatable bonds is 5. The van der Waals surface area contributed by atoms with Crippen LogP contribution in [0, 0.1) is 0 Å². The van der Waals surface area contributed by atoms with Crippen molar-refractivity contribution in [2.45, 2.75) is 49.6 Å². The molecule has 0 aliphatic heterocycles. The molecule has 1 aliphatic rings. The zero-order chi connectivity index (χ0) is 13.9. The van der Waals surface area contributed by atoms with Gasteiger partial charge in [0, 0.05) is 11.7 Å². The second-order valence-electron chi connectivity index (χ2n) is 4.60. The van der Waals surface area contributed by atoms with Crippen molar-refractivity contribution in [3.05, 3.63) is 11.7 Å². The summed E-state index contributed by atoms with van der Waals surface area (Å²) < 4.78 is 41.2. The molecule has 1 aromatic heterocycles. The van der Waals surface area contributed by atoms with Gasteiger partial charge in [0.15, 0.2) is 11.9 Å². The van der Waals surface area contributed by atoms with Gasteiger partial charge in [-0.3, -0.25) is 0 Å². The van der Waals surface area contributed by atoms with Crippen LogP contribution < -0.4 is 0 Å². The van der Waals surface area contributed by atoms with Crippen molar-refractivity contribution in [3.8, 4) is 0 Å². The summed E-state index contributed by atoms with van der Waals surface area (Å²) in [5.74, 6) is 1.06. The van der Waals surface area contributed by atoms with Gasteiger partial charge < -0.3 is 9.63 Å². The molecule has 8 heteroatoms. The molecule has 1 heterocycles. The molecule has 1 aromatic rings. The van der Waals surface area contributed by atoms with Crippen molar-refractivity contribution in [1.29, 1.82) is 0 Å². The van der Waals surface area contributed by atoms with Gasteiger partial charge in [-0.15, -0.1) is 11.8 Å². The molecule has 0 radical (unpaired) electrons. The first kappa shape index (κ1) is 14.6. The van der Waals surface area contributed by atoms with Crippen molar-refractivity contribution in [2.24, 2.45) is 0 Å². The van der Waals surface area contributed by atoms with Crippen molar-refractivity contribution in [3.63, 3.8) is 0 Å². The van der Waals surface area contributed by atoms with Crippen LogP contribution in [0.2, 0.25) is 0 Å². The first-order chi connectivity index (χ1) is 8.97. The van der Waals surface area contributed by atoms with Gasteiger partial charge >= 0.3 is 6.18 Å². The van der Waals surface area contributed by atoms with E-state index in [2.05, 4.69) is 10.1 Å². The smallest absolute Gasteiger partial charge is 0.383 e. The van der Waals surface area contributed by atoms with E-state index in [0.717, 1.165) is 37.4 Å². The zero-order valence-corrected chi connectivity index (χ0v) is 11.0. The first-order valence-corrected chi connectivity index (χ1v) is 7.27. The summed E-state index contributed by atoms with van der Waals surface area (Å²) in [6.45, 7) is 0. The minimum atomic E-state index is -4.57. The summed E-state index contributed by atoms with van der Waals surface area (Å²) in [7, 11) is 0. The number of hydrogen-bond donors (Lipinski definition) is 1. The van der Waals surface area contributed by atoms with Crippen LogP contribution >= 0.6 is 11.8 Å². The lowest BCUT2D eigenvalue weighted by Crippen LogP contribution is -2.30. The molecule has 1 N–H and O–H groups in total. The summed E-state index contributed by atoms with van der Waals surface area (Å²) in [5, 5.41) is 12.7. The lowest BCUT2D eigenvalue weighted by atomic mass is 10.1. The molecule has 1 aliphatic carbocycles. The number of hydrogen-bond acceptors (Lipinski definition) is 5. The second kappa shape index (κ2) is 6.13. The van der Waals surface area contributed by atoms with Crippen molar-refractivity contribution in [1.82, 2.24) is 10.1 Å². The van der Waals surface area contributed by atoms with E-state index >= 15 is 0 Å². The Morgan fingerprint density at radius 1 is 1.37 bits per heavy atom. The molecular weight excluding hydrogens is 281 g/mol. The highest BCUT2D eigenvalue weighted by Crippen LogP contribution is 2.32. The van der Waals surface area contributed by atoms with Gasteiger partial charge in [-0.1, -0.05) is 18.0 Å². The van der Waals surface area contributed by atoms with E-state index in [1.165, 1.54) is 0 Å². The van der Waals surface area contributed by atoms with Crippen LogP contribution in [0.1, 0.15) is 43.3 Å². The van der Waals surface area contributed by atoms with Crippen LogP contribution in [0.4, 0.5) is 13.2 Å². The molecule has 0 aromatic carbocycles. The maximum atomic E-state index is 12.1. The molecule has 0 spiro atoms. The number of alkyl halides is 3. The number of aromatic nitrogens is 2. The van der Waals surface area contributed by atoms with Gasteiger partial charge in [-0.25, -0.2) is 0 Å². The average Bonchev–Trinajstić information content (AvgIpc) is 2.97. The Kier molecular flexibility index (Phi) is 4.72. The van der Waals surface area contributed by atoms with E-state index in [0.29, 0.717) is 17.6 Å². The molecule has 4 nitrogen and oxygen atoms in total. The molecule has 1 fully saturated rings. The van der Waals surface area contributed by atoms with E-state index in [1.54, 1.807) is 0 Å². The summed E-state index contributed by atoms with van der Waals surface area (Å²) >= 11 is 0.931. The highest BCUT2D eigenvalue weighted by Gasteiger charge is 2.37. The molecule has 0 saturated heterocycles. The minimum absolute atomic E-state index is 0.187. The fourth-order valence-electron chi connectivity index (χ4n) is 2.03. The molecule has 1 saturated carbocycles. The molecule has 0 bridgehead atoms. The average molecular weight is 296 g/mol. The van der Waals surface area contributed by atoms with E-state index in [4.69, 9.17) is 9.63 Å². The van der Waals surface area contributed by atoms with Crippen LogP contribution in [0.15, 0.2) is 4.52 Å². The van der Waals surface area contributed by atoms with Crippen molar-refractivity contribution >= 4 is 11.8 Å². The third-order valence-electron chi connectivity index (χ3n) is 3.08.